The molecule has 1 amide bonds. The van der Waals surface area contributed by atoms with Crippen LogP contribution in [0.5, 0.6) is 0 Å². The normalized spacial score (nSPS) is 17.2. The van der Waals surface area contributed by atoms with Gasteiger partial charge in [0.2, 0.25) is 5.91 Å². The van der Waals surface area contributed by atoms with Crippen LogP contribution in [0.4, 0.5) is 0 Å². The minimum atomic E-state index is -3.69. The molecule has 1 aromatic heterocycles. The number of thiophene rings is 1. The molecule has 0 radical (unpaired) electrons. The van der Waals surface area contributed by atoms with Crippen LogP contribution in [-0.4, -0.2) is 51.6 Å². The van der Waals surface area contributed by atoms with Crippen molar-refractivity contribution in [3.63, 3.8) is 0 Å². The van der Waals surface area contributed by atoms with Crippen LogP contribution < -0.4 is 4.72 Å². The summed E-state index contributed by atoms with van der Waals surface area (Å²) in [5, 5.41) is 0. The molecule has 2 heterocycles. The Morgan fingerprint density at radius 2 is 2.00 bits per heavy atom. The van der Waals surface area contributed by atoms with E-state index in [4.69, 9.17) is 4.74 Å². The van der Waals surface area contributed by atoms with Crippen LogP contribution in [0, 0.1) is 5.92 Å². The van der Waals surface area contributed by atoms with E-state index < -0.39 is 16.1 Å². The molecule has 2 rings (SSSR count). The number of aryl methyl sites for hydroxylation is 1. The van der Waals surface area contributed by atoms with E-state index >= 15 is 0 Å². The van der Waals surface area contributed by atoms with E-state index in [1.165, 1.54) is 11.3 Å². The Bertz CT molecular complexity index is 649. The van der Waals surface area contributed by atoms with Gasteiger partial charge in [0.15, 0.2) is 0 Å². The molecule has 0 spiro atoms. The van der Waals surface area contributed by atoms with E-state index in [1.807, 2.05) is 26.8 Å². The van der Waals surface area contributed by atoms with Crippen LogP contribution in [0.3, 0.4) is 0 Å². The summed E-state index contributed by atoms with van der Waals surface area (Å²) in [7, 11) is -3.69. The minimum Gasteiger partial charge on any atom is -0.378 e. The van der Waals surface area contributed by atoms with Gasteiger partial charge in [-0.2, -0.15) is 4.72 Å². The van der Waals surface area contributed by atoms with Gasteiger partial charge in [0.25, 0.3) is 10.0 Å². The number of nitrogens with one attached hydrogen (secondary N) is 1. The predicted molar refractivity (Wildman–Crippen MR) is 94.7 cm³/mol. The molecule has 0 unspecified atom stereocenters. The van der Waals surface area contributed by atoms with Gasteiger partial charge in [-0.25, -0.2) is 8.42 Å². The topological polar surface area (TPSA) is 75.7 Å². The molecule has 0 aliphatic carbocycles. The van der Waals surface area contributed by atoms with Crippen molar-refractivity contribution in [2.45, 2.75) is 43.9 Å². The summed E-state index contributed by atoms with van der Waals surface area (Å²) in [5.74, 6) is 0.0417. The second-order valence-corrected chi connectivity index (χ2v) is 9.42. The van der Waals surface area contributed by atoms with Crippen molar-refractivity contribution in [3.8, 4) is 0 Å². The number of rotatable bonds is 7. The minimum absolute atomic E-state index is 0.164. The van der Waals surface area contributed by atoms with Gasteiger partial charge in [0, 0.05) is 18.0 Å². The zero-order chi connectivity index (χ0) is 17.7. The number of ether oxygens (including phenoxy) is 1. The molecule has 1 aliphatic rings. The third-order valence-corrected chi connectivity index (χ3v) is 7.07. The number of morpholine rings is 1. The molecule has 1 atom stereocenters. The van der Waals surface area contributed by atoms with Gasteiger partial charge < -0.3 is 9.64 Å². The van der Waals surface area contributed by atoms with Gasteiger partial charge >= 0.3 is 0 Å². The Balaban J connectivity index is 2.16. The van der Waals surface area contributed by atoms with Crippen LogP contribution in [0.15, 0.2) is 16.3 Å². The molecule has 24 heavy (non-hydrogen) atoms. The Labute approximate surface area is 148 Å². The Morgan fingerprint density at radius 3 is 2.54 bits per heavy atom. The molecule has 1 aromatic rings. The summed E-state index contributed by atoms with van der Waals surface area (Å²) in [6, 6.07) is 2.69. The SMILES string of the molecule is CCc1ccc(S(=O)(=O)N[C@H](CC(C)C)C(=O)N2CCOCC2)s1. The van der Waals surface area contributed by atoms with Crippen molar-refractivity contribution < 1.29 is 17.9 Å². The third kappa shape index (κ3) is 5.02. The molecule has 0 aromatic carbocycles. The zero-order valence-corrected chi connectivity index (χ0v) is 16.1. The van der Waals surface area contributed by atoms with Crippen molar-refractivity contribution >= 4 is 27.3 Å². The monoisotopic (exact) mass is 374 g/mol. The van der Waals surface area contributed by atoms with Crippen LogP contribution >= 0.6 is 11.3 Å². The number of carbonyl (C=O) groups is 1. The lowest BCUT2D eigenvalue weighted by atomic mass is 10.0. The number of nitrogens with zero attached hydrogens (tertiary/aromatic N) is 1. The summed E-state index contributed by atoms with van der Waals surface area (Å²) >= 11 is 1.25. The lowest BCUT2D eigenvalue weighted by molar-refractivity contribution is -0.137. The van der Waals surface area contributed by atoms with Gasteiger partial charge in [-0.3, -0.25) is 4.79 Å². The first-order valence-electron chi connectivity index (χ1n) is 8.31. The van der Waals surface area contributed by atoms with Crippen molar-refractivity contribution in [3.05, 3.63) is 17.0 Å². The second-order valence-electron chi connectivity index (χ2n) is 6.32. The molecule has 0 bridgehead atoms. The highest BCUT2D eigenvalue weighted by Crippen LogP contribution is 2.23. The first-order chi connectivity index (χ1) is 11.3. The Hall–Kier alpha value is -0.960. The summed E-state index contributed by atoms with van der Waals surface area (Å²) < 4.78 is 33.4. The molecule has 1 N–H and O–H groups in total. The molecule has 0 saturated carbocycles. The number of hydrogen-bond donors (Lipinski definition) is 1. The number of sulfonamides is 1. The number of carbonyl (C=O) groups excluding carboxylic acids is 1. The maximum absolute atomic E-state index is 12.8. The molecule has 8 heteroatoms. The maximum Gasteiger partial charge on any atom is 0.250 e. The van der Waals surface area contributed by atoms with E-state index in [0.717, 1.165) is 11.3 Å². The fourth-order valence-electron chi connectivity index (χ4n) is 2.61. The van der Waals surface area contributed by atoms with Crippen LogP contribution in [0.25, 0.3) is 0 Å². The van der Waals surface area contributed by atoms with E-state index in [-0.39, 0.29) is 16.0 Å². The summed E-state index contributed by atoms with van der Waals surface area (Å²) in [6.45, 7) is 7.96. The Morgan fingerprint density at radius 1 is 1.33 bits per heavy atom. The maximum atomic E-state index is 12.8. The first-order valence-corrected chi connectivity index (χ1v) is 10.6. The van der Waals surface area contributed by atoms with E-state index in [0.29, 0.717) is 32.7 Å². The second kappa shape index (κ2) is 8.42. The average Bonchev–Trinajstić information content (AvgIpc) is 3.04. The molecular weight excluding hydrogens is 348 g/mol. The van der Waals surface area contributed by atoms with E-state index in [9.17, 15) is 13.2 Å². The lowest BCUT2D eigenvalue weighted by Gasteiger charge is -2.31. The summed E-state index contributed by atoms with van der Waals surface area (Å²) in [6.07, 6.45) is 1.27. The Kier molecular flexibility index (Phi) is 6.79. The largest absolute Gasteiger partial charge is 0.378 e. The standard InChI is InChI=1S/C16H26N2O4S2/c1-4-13-5-6-15(23-13)24(20,21)17-14(11-12(2)3)16(19)18-7-9-22-10-8-18/h5-6,12,14,17H,4,7-11H2,1-3H3/t14-/m1/s1. The van der Waals surface area contributed by atoms with E-state index in [1.54, 1.807) is 11.0 Å². The van der Waals surface area contributed by atoms with Gasteiger partial charge in [-0.05, 0) is 30.9 Å². The van der Waals surface area contributed by atoms with Crippen LogP contribution in [0.2, 0.25) is 0 Å². The lowest BCUT2D eigenvalue weighted by Crippen LogP contribution is -2.52. The fraction of sp³-hybridized carbons (Fsp3) is 0.688. The third-order valence-electron chi connectivity index (χ3n) is 3.88. The highest BCUT2D eigenvalue weighted by Gasteiger charge is 2.31. The number of hydrogen-bond acceptors (Lipinski definition) is 5. The quantitative estimate of drug-likeness (QED) is 0.790. The first kappa shape index (κ1) is 19.4. The molecule has 1 fully saturated rings. The fourth-order valence-corrected chi connectivity index (χ4v) is 5.13. The van der Waals surface area contributed by atoms with Crippen molar-refractivity contribution in [2.24, 2.45) is 5.92 Å². The van der Waals surface area contributed by atoms with Gasteiger partial charge in [0.1, 0.15) is 10.3 Å². The van der Waals surface area contributed by atoms with Gasteiger partial charge in [-0.15, -0.1) is 11.3 Å². The van der Waals surface area contributed by atoms with Gasteiger partial charge in [-0.1, -0.05) is 20.8 Å². The predicted octanol–water partition coefficient (Wildman–Crippen LogP) is 1.86. The van der Waals surface area contributed by atoms with Crippen LogP contribution in [-0.2, 0) is 26.0 Å². The summed E-state index contributed by atoms with van der Waals surface area (Å²) in [4.78, 5) is 15.4. The zero-order valence-electron chi connectivity index (χ0n) is 14.4. The molecule has 136 valence electrons. The van der Waals surface area contributed by atoms with Crippen LogP contribution in [0.1, 0.15) is 32.1 Å². The van der Waals surface area contributed by atoms with Gasteiger partial charge in [0.05, 0.1) is 13.2 Å². The molecule has 1 saturated heterocycles. The van der Waals surface area contributed by atoms with Crippen molar-refractivity contribution in [1.29, 1.82) is 0 Å². The smallest absolute Gasteiger partial charge is 0.250 e. The molecule has 6 nitrogen and oxygen atoms in total. The molecule has 1 aliphatic heterocycles. The highest BCUT2D eigenvalue weighted by atomic mass is 32.2. The average molecular weight is 375 g/mol. The van der Waals surface area contributed by atoms with Crippen molar-refractivity contribution in [2.75, 3.05) is 26.3 Å². The van der Waals surface area contributed by atoms with Crippen molar-refractivity contribution in [1.82, 2.24) is 9.62 Å². The summed E-state index contributed by atoms with van der Waals surface area (Å²) in [5.41, 5.74) is 0. The van der Waals surface area contributed by atoms with E-state index in [2.05, 4.69) is 4.72 Å². The highest BCUT2D eigenvalue weighted by molar-refractivity contribution is 7.91. The number of amides is 1. The molecular formula is C16H26N2O4S2.